The van der Waals surface area contributed by atoms with Gasteiger partial charge in [0, 0.05) is 18.2 Å². The van der Waals surface area contributed by atoms with E-state index in [1.54, 1.807) is 19.1 Å². The van der Waals surface area contributed by atoms with Gasteiger partial charge in [0.05, 0.1) is 19.0 Å². The Morgan fingerprint density at radius 1 is 1.32 bits per heavy atom. The third-order valence-corrected chi connectivity index (χ3v) is 4.36. The minimum Gasteiger partial charge on any atom is -0.495 e. The summed E-state index contributed by atoms with van der Waals surface area (Å²) < 4.78 is 32.0. The van der Waals surface area contributed by atoms with E-state index in [2.05, 4.69) is 15.4 Å². The fourth-order valence-corrected chi connectivity index (χ4v) is 2.86. The second-order valence-corrected chi connectivity index (χ2v) is 6.48. The summed E-state index contributed by atoms with van der Waals surface area (Å²) in [5.74, 6) is -3.66. The molecule has 2 N–H and O–H groups in total. The van der Waals surface area contributed by atoms with Crippen molar-refractivity contribution in [3.63, 3.8) is 0 Å². The van der Waals surface area contributed by atoms with Gasteiger partial charge in [-0.15, -0.1) is 0 Å². The fourth-order valence-electron chi connectivity index (χ4n) is 2.86. The second kappa shape index (κ2) is 7.51. The lowest BCUT2D eigenvalue weighted by atomic mass is 10.0. The molecule has 0 aliphatic carbocycles. The molecule has 1 aromatic carbocycles. The molecule has 2 heterocycles. The molecular weight excluding hydrogens is 370 g/mol. The minimum atomic E-state index is -3.01. The zero-order valence-corrected chi connectivity index (χ0v) is 15.6. The number of hydrazone groups is 1. The number of rotatable bonds is 6. The SMILES string of the molecule is COc1ccc(N2N=C(C)C(C(O)Nc3cccc(C(C)(F)F)c3)C2=O)nc1. The highest BCUT2D eigenvalue weighted by Crippen LogP contribution is 2.30. The molecule has 1 amide bonds. The van der Waals surface area contributed by atoms with Crippen molar-refractivity contribution in [2.45, 2.75) is 26.0 Å². The van der Waals surface area contributed by atoms with E-state index in [1.165, 1.54) is 37.6 Å². The second-order valence-electron chi connectivity index (χ2n) is 6.48. The van der Waals surface area contributed by atoms with Crippen LogP contribution in [0.2, 0.25) is 0 Å². The summed E-state index contributed by atoms with van der Waals surface area (Å²) in [6.45, 7) is 2.40. The maximum atomic E-state index is 13.5. The van der Waals surface area contributed by atoms with Crippen LogP contribution in [0.15, 0.2) is 47.7 Å². The summed E-state index contributed by atoms with van der Waals surface area (Å²) in [4.78, 5) is 16.9. The molecule has 0 spiro atoms. The third-order valence-electron chi connectivity index (χ3n) is 4.36. The summed E-state index contributed by atoms with van der Waals surface area (Å²) in [6.07, 6.45) is 0.103. The average Bonchev–Trinajstić information content (AvgIpc) is 2.95. The molecule has 0 fully saturated rings. The van der Waals surface area contributed by atoms with Crippen molar-refractivity contribution < 1.29 is 23.4 Å². The van der Waals surface area contributed by atoms with Gasteiger partial charge < -0.3 is 15.2 Å². The van der Waals surface area contributed by atoms with E-state index in [4.69, 9.17) is 4.74 Å². The third kappa shape index (κ3) is 3.94. The number of methoxy groups -OCH3 is 1. The number of halogens is 2. The minimum absolute atomic E-state index is 0.197. The highest BCUT2D eigenvalue weighted by Gasteiger charge is 2.40. The van der Waals surface area contributed by atoms with E-state index >= 15 is 0 Å². The molecule has 1 aliphatic rings. The standard InChI is InChI=1S/C19H20F2N4O3/c1-11-16(17(26)23-13-6-4-5-12(9-13)19(2,20)21)18(27)25(24-11)15-8-7-14(28-3)10-22-15/h4-10,16-17,23,26H,1-3H3. The van der Waals surface area contributed by atoms with Crippen LogP contribution >= 0.6 is 0 Å². The predicted molar refractivity (Wildman–Crippen MR) is 101 cm³/mol. The Morgan fingerprint density at radius 2 is 2.07 bits per heavy atom. The van der Waals surface area contributed by atoms with Crippen molar-refractivity contribution in [2.75, 3.05) is 17.4 Å². The lowest BCUT2D eigenvalue weighted by Crippen LogP contribution is -2.39. The van der Waals surface area contributed by atoms with Gasteiger partial charge in [-0.3, -0.25) is 4.79 Å². The molecular formula is C19H20F2N4O3. The molecule has 7 nitrogen and oxygen atoms in total. The first kappa shape index (κ1) is 19.7. The molecule has 2 aromatic rings. The smallest absolute Gasteiger partial charge is 0.270 e. The molecule has 0 bridgehead atoms. The van der Waals surface area contributed by atoms with Crippen molar-refractivity contribution in [1.29, 1.82) is 0 Å². The zero-order valence-electron chi connectivity index (χ0n) is 15.6. The molecule has 0 saturated carbocycles. The van der Waals surface area contributed by atoms with Crippen LogP contribution in [-0.2, 0) is 10.7 Å². The zero-order chi connectivity index (χ0) is 20.5. The molecule has 2 atom stereocenters. The fraction of sp³-hybridized carbons (Fsp3) is 0.316. The largest absolute Gasteiger partial charge is 0.495 e. The summed E-state index contributed by atoms with van der Waals surface area (Å²) in [5.41, 5.74) is 0.449. The summed E-state index contributed by atoms with van der Waals surface area (Å²) in [7, 11) is 1.50. The summed E-state index contributed by atoms with van der Waals surface area (Å²) in [6, 6.07) is 8.72. The Balaban J connectivity index is 1.76. The van der Waals surface area contributed by atoms with Gasteiger partial charge in [0.1, 0.15) is 17.9 Å². The number of nitrogens with zero attached hydrogens (tertiary/aromatic N) is 3. The number of aliphatic hydroxyl groups excluding tert-OH is 1. The first-order chi connectivity index (χ1) is 13.2. The molecule has 148 valence electrons. The van der Waals surface area contributed by atoms with Crippen molar-refractivity contribution in [3.8, 4) is 5.75 Å². The highest BCUT2D eigenvalue weighted by molar-refractivity contribution is 6.15. The number of aromatic nitrogens is 1. The monoisotopic (exact) mass is 390 g/mol. The Bertz CT molecular complexity index is 897. The van der Waals surface area contributed by atoms with E-state index in [0.29, 0.717) is 11.5 Å². The molecule has 28 heavy (non-hydrogen) atoms. The van der Waals surface area contributed by atoms with Gasteiger partial charge in [0.25, 0.3) is 11.8 Å². The quantitative estimate of drug-likeness (QED) is 0.741. The number of alkyl halides is 2. The van der Waals surface area contributed by atoms with Crippen molar-refractivity contribution >= 4 is 23.1 Å². The first-order valence-corrected chi connectivity index (χ1v) is 8.53. The molecule has 1 aliphatic heterocycles. The van der Waals surface area contributed by atoms with Crippen molar-refractivity contribution in [1.82, 2.24) is 4.98 Å². The van der Waals surface area contributed by atoms with Crippen LogP contribution in [0, 0.1) is 5.92 Å². The van der Waals surface area contributed by atoms with Crippen LogP contribution in [0.5, 0.6) is 5.75 Å². The molecule has 1 aromatic heterocycles. The van der Waals surface area contributed by atoms with E-state index in [-0.39, 0.29) is 17.1 Å². The van der Waals surface area contributed by atoms with E-state index in [9.17, 15) is 18.7 Å². The Hall–Kier alpha value is -3.07. The van der Waals surface area contributed by atoms with Gasteiger partial charge in [-0.05, 0) is 31.2 Å². The van der Waals surface area contributed by atoms with Crippen LogP contribution < -0.4 is 15.1 Å². The highest BCUT2D eigenvalue weighted by atomic mass is 19.3. The number of nitrogens with one attached hydrogen (secondary N) is 1. The average molecular weight is 390 g/mol. The Morgan fingerprint density at radius 3 is 2.68 bits per heavy atom. The molecule has 0 radical (unpaired) electrons. The lowest BCUT2D eigenvalue weighted by molar-refractivity contribution is -0.121. The van der Waals surface area contributed by atoms with E-state index in [0.717, 1.165) is 11.9 Å². The van der Waals surface area contributed by atoms with Crippen molar-refractivity contribution in [3.05, 3.63) is 48.2 Å². The van der Waals surface area contributed by atoms with Crippen LogP contribution in [0.3, 0.4) is 0 Å². The van der Waals surface area contributed by atoms with Crippen LogP contribution in [-0.4, -0.2) is 35.0 Å². The van der Waals surface area contributed by atoms with Crippen LogP contribution in [0.1, 0.15) is 19.4 Å². The van der Waals surface area contributed by atoms with Crippen LogP contribution in [0.4, 0.5) is 20.3 Å². The number of carbonyl (C=O) groups is 1. The number of hydrogen-bond acceptors (Lipinski definition) is 6. The number of pyridine rings is 1. The molecule has 2 unspecified atom stereocenters. The number of benzene rings is 1. The number of aliphatic hydroxyl groups is 1. The first-order valence-electron chi connectivity index (χ1n) is 8.53. The number of hydrogen-bond donors (Lipinski definition) is 2. The van der Waals surface area contributed by atoms with Crippen LogP contribution in [0.25, 0.3) is 0 Å². The Kier molecular flexibility index (Phi) is 5.28. The Labute approximate surface area is 160 Å². The van der Waals surface area contributed by atoms with E-state index in [1.807, 2.05) is 0 Å². The number of amides is 1. The van der Waals surface area contributed by atoms with Gasteiger partial charge >= 0.3 is 0 Å². The van der Waals surface area contributed by atoms with Crippen molar-refractivity contribution in [2.24, 2.45) is 11.0 Å². The van der Waals surface area contributed by atoms with Gasteiger partial charge in [0.15, 0.2) is 5.82 Å². The maximum Gasteiger partial charge on any atom is 0.270 e. The predicted octanol–water partition coefficient (Wildman–Crippen LogP) is 2.97. The maximum absolute atomic E-state index is 13.5. The van der Waals surface area contributed by atoms with Gasteiger partial charge in [-0.1, -0.05) is 12.1 Å². The normalized spacial score (nSPS) is 18.1. The topological polar surface area (TPSA) is 87.0 Å². The van der Waals surface area contributed by atoms with Gasteiger partial charge in [-0.25, -0.2) is 13.8 Å². The lowest BCUT2D eigenvalue weighted by Gasteiger charge is -2.21. The molecule has 9 heteroatoms. The molecule has 3 rings (SSSR count). The van der Waals surface area contributed by atoms with E-state index < -0.39 is 24.0 Å². The number of ether oxygens (including phenoxy) is 1. The number of anilines is 2. The summed E-state index contributed by atoms with van der Waals surface area (Å²) in [5, 5.41) is 18.5. The van der Waals surface area contributed by atoms with Gasteiger partial charge in [-0.2, -0.15) is 10.1 Å². The number of carbonyl (C=O) groups excluding carboxylic acids is 1. The molecule has 0 saturated heterocycles. The summed E-state index contributed by atoms with van der Waals surface area (Å²) >= 11 is 0. The van der Waals surface area contributed by atoms with Gasteiger partial charge in [0.2, 0.25) is 0 Å².